The van der Waals surface area contributed by atoms with Crippen LogP contribution in [0.3, 0.4) is 0 Å². The smallest absolute Gasteiger partial charge is 0.326 e. The lowest BCUT2D eigenvalue weighted by Gasteiger charge is -2.26. The zero-order valence-corrected chi connectivity index (χ0v) is 48.5. The van der Waals surface area contributed by atoms with E-state index in [4.69, 9.17) is 15.9 Å². The highest BCUT2D eigenvalue weighted by molar-refractivity contribution is 5.98. The minimum atomic E-state index is -2.10. The van der Waals surface area contributed by atoms with Crippen LogP contribution in [-0.2, 0) is 54.5 Å². The Balaban J connectivity index is 1.86. The summed E-state index contributed by atoms with van der Waals surface area (Å²) in [5.74, 6) is -15.6. The molecule has 2 heterocycles. The minimum Gasteiger partial charge on any atom is -0.481 e. The van der Waals surface area contributed by atoms with E-state index in [0.29, 0.717) is 11.4 Å². The molecule has 3 rings (SSSR count). The lowest BCUT2D eigenvalue weighted by atomic mass is 9.89. The van der Waals surface area contributed by atoms with Gasteiger partial charge in [-0.1, -0.05) is 0 Å². The predicted molar refractivity (Wildman–Crippen MR) is 305 cm³/mol. The van der Waals surface area contributed by atoms with Crippen LogP contribution in [0.25, 0.3) is 11.2 Å². The summed E-state index contributed by atoms with van der Waals surface area (Å²) in [6, 6.07) is 0.601. The Morgan fingerprint density at radius 2 is 1.06 bits per heavy atom. The molecule has 3 aromatic rings. The molecule has 0 aliphatic rings. The van der Waals surface area contributed by atoms with Crippen LogP contribution in [0.1, 0.15) is 100 Å². The monoisotopic (exact) mass is 1280 g/mol. The van der Waals surface area contributed by atoms with Gasteiger partial charge in [0.15, 0.2) is 22.7 Å². The Labute approximate surface area is 510 Å². The Hall–Kier alpha value is -8.59. The number of carbonyl (C=O) groups is 11. The van der Waals surface area contributed by atoms with E-state index in [-0.39, 0.29) is 29.2 Å². The normalized spacial score (nSPS) is 15.7. The second kappa shape index (κ2) is 37.4. The van der Waals surface area contributed by atoms with E-state index in [0.717, 1.165) is 6.92 Å². The van der Waals surface area contributed by atoms with Crippen molar-refractivity contribution in [2.24, 2.45) is 11.8 Å². The quantitative estimate of drug-likeness (QED) is 0.0250. The van der Waals surface area contributed by atoms with Crippen molar-refractivity contribution >= 4 is 87.6 Å². The average molecular weight is 1280 g/mol. The number of carboxylic acid groups (broad SMARTS) is 3. The van der Waals surface area contributed by atoms with Gasteiger partial charge in [0, 0.05) is 81.1 Å². The number of aliphatic carboxylic acids is 3. The molecule has 0 saturated carbocycles. The fourth-order valence-electron chi connectivity index (χ4n) is 8.60. The van der Waals surface area contributed by atoms with Crippen molar-refractivity contribution in [3.63, 3.8) is 0 Å². The molecule has 22 N–H and O–H groups in total. The number of aromatic amines is 1. The molecular weight excluding hydrogens is 1200 g/mol. The van der Waals surface area contributed by atoms with Crippen LogP contribution in [0.15, 0.2) is 35.3 Å². The van der Waals surface area contributed by atoms with Gasteiger partial charge in [-0.05, 0) is 63.3 Å². The molecule has 90 heavy (non-hydrogen) atoms. The third kappa shape index (κ3) is 25.5. The lowest BCUT2D eigenvalue weighted by molar-refractivity contribution is -0.140. The number of Topliss-reactive ketones (excluding diaryl/α,β-unsaturated/α-hetero) is 3. The Morgan fingerprint density at radius 3 is 1.54 bits per heavy atom. The van der Waals surface area contributed by atoms with Gasteiger partial charge in [-0.15, -0.1) is 0 Å². The van der Waals surface area contributed by atoms with Crippen LogP contribution in [0.4, 0.5) is 11.6 Å². The summed E-state index contributed by atoms with van der Waals surface area (Å²) in [5, 5.41) is 142. The molecule has 0 aliphatic carbocycles. The van der Waals surface area contributed by atoms with Crippen LogP contribution in [-0.4, -0.2) is 244 Å². The van der Waals surface area contributed by atoms with Gasteiger partial charge in [-0.25, -0.2) is 14.8 Å². The zero-order chi connectivity index (χ0) is 67.5. The highest BCUT2D eigenvalue weighted by Gasteiger charge is 2.35. The fourth-order valence-corrected chi connectivity index (χ4v) is 8.60. The second-order valence-corrected chi connectivity index (χ2v) is 21.0. The van der Waals surface area contributed by atoms with Crippen molar-refractivity contribution in [2.45, 2.75) is 157 Å². The van der Waals surface area contributed by atoms with E-state index in [1.54, 1.807) is 0 Å². The third-order valence-corrected chi connectivity index (χ3v) is 14.0. The number of aromatic nitrogens is 4. The first-order valence-electron chi connectivity index (χ1n) is 28.0. The van der Waals surface area contributed by atoms with E-state index in [1.807, 2.05) is 0 Å². The summed E-state index contributed by atoms with van der Waals surface area (Å²) in [4.78, 5) is 170. The van der Waals surface area contributed by atoms with Crippen molar-refractivity contribution in [3.8, 4) is 0 Å². The average Bonchev–Trinajstić information content (AvgIpc) is 0.984. The number of nitrogen functional groups attached to an aromatic ring is 1. The maximum Gasteiger partial charge on any atom is 0.326 e. The number of nitrogens with zero attached hydrogens (tertiary/aromatic N) is 3. The third-order valence-electron chi connectivity index (χ3n) is 14.0. The number of nitrogens with two attached hydrogens (primary N) is 1. The maximum absolute atomic E-state index is 14.3. The molecule has 0 saturated heterocycles. The number of carbonyl (C=O) groups excluding carboxylic acids is 8. The Bertz CT molecular complexity index is 3030. The predicted octanol–water partition coefficient (Wildman–Crippen LogP) is -7.03. The van der Waals surface area contributed by atoms with Crippen LogP contribution in [0.5, 0.6) is 0 Å². The van der Waals surface area contributed by atoms with Crippen molar-refractivity contribution < 1.29 is 119 Å². The molecule has 1 aromatic carbocycles. The first-order chi connectivity index (χ1) is 42.3. The lowest BCUT2D eigenvalue weighted by Crippen LogP contribution is -2.49. The maximum atomic E-state index is 14.3. The molecule has 36 nitrogen and oxygen atoms in total. The van der Waals surface area contributed by atoms with Gasteiger partial charge in [0.05, 0.1) is 55.9 Å². The highest BCUT2D eigenvalue weighted by atomic mass is 16.4. The number of aliphatic hydroxyl groups is 10. The SMILES string of the molecule is CC(=O)[C@H](CCC(=O)O)NC(=O)[C@H](CCC(=O)NC[C@H](O)[C@@H](O)[C@H](O)[C@H](O)CO)CC(=O)[C@H](CCC(=O)O)NC(=O)[C@H](CCC(=O)NC[C@H](O)[C@@H](O)[C@H](O)[C@H](O)CO)CC(=O)CC[C@H](NC(=O)c1ccc(NCc2cnc3nc(N)[nH]c(=O)c3n2)cc1)C(=O)O. The molecule has 2 aromatic heterocycles. The molecule has 0 bridgehead atoms. The zero-order valence-electron chi connectivity index (χ0n) is 48.5. The number of carboxylic acids is 3. The number of fused-ring (bicyclic) bond motifs is 1. The number of anilines is 2. The van der Waals surface area contributed by atoms with Crippen molar-refractivity contribution in [2.75, 3.05) is 37.4 Å². The molecule has 0 spiro atoms. The molecule has 0 fully saturated rings. The van der Waals surface area contributed by atoms with Gasteiger partial charge >= 0.3 is 17.9 Å². The standard InChI is InChI=1S/C54H77N11O25/c1-24(68)31(10-14-41(77)78)61-51(87)27(5-13-40(76)58-21-36(72)45(82)47(84)38(74)23-67)17-34(70)32(11-15-42(79)80)62-50(86)26(4-12-39(75)57-20-35(71)44(81)46(83)37(73)22-66)16-30(69)8-9-33(53(89)90)63-49(85)25-2-6-28(7-3-25)56-18-29-19-59-48-43(60-29)52(88)65-54(55)64-48/h2-3,6-7,19,26-27,31-33,35-38,44-47,56,66-67,71-74,81-84H,4-5,8-18,20-23H2,1H3,(H,57,75)(H,58,76)(H,61,87)(H,62,86)(H,63,85)(H,77,78)(H,79,80)(H,89,90)(H3,55,59,64,65,88)/t26-,27-,31+,32+,33+,35+,36+,37-,38-,44-,45-,46-,47-/m1/s1. The number of aliphatic hydroxyl groups excluding tert-OH is 10. The molecule has 13 atom stereocenters. The van der Waals surface area contributed by atoms with E-state index in [1.165, 1.54) is 30.5 Å². The van der Waals surface area contributed by atoms with Crippen molar-refractivity contribution in [1.29, 1.82) is 0 Å². The summed E-state index contributed by atoms with van der Waals surface area (Å²) in [7, 11) is 0. The number of benzene rings is 1. The summed E-state index contributed by atoms with van der Waals surface area (Å²) in [6.45, 7) is -2.50. The van der Waals surface area contributed by atoms with Crippen LogP contribution in [0.2, 0.25) is 0 Å². The number of hydrogen-bond acceptors (Lipinski definition) is 27. The van der Waals surface area contributed by atoms with E-state index in [9.17, 15) is 114 Å². The fraction of sp³-hybridized carbons (Fsp3) is 0.574. The van der Waals surface area contributed by atoms with E-state index in [2.05, 4.69) is 51.8 Å². The Morgan fingerprint density at radius 1 is 0.578 bits per heavy atom. The molecule has 5 amide bonds. The van der Waals surface area contributed by atoms with Crippen molar-refractivity contribution in [3.05, 3.63) is 52.1 Å². The Kier molecular flexibility index (Phi) is 31.5. The largest absolute Gasteiger partial charge is 0.481 e. The van der Waals surface area contributed by atoms with Crippen LogP contribution >= 0.6 is 0 Å². The summed E-state index contributed by atoms with van der Waals surface area (Å²) >= 11 is 0. The van der Waals surface area contributed by atoms with Gasteiger partial charge in [0.25, 0.3) is 11.5 Å². The van der Waals surface area contributed by atoms with E-state index < -0.39 is 252 Å². The second-order valence-electron chi connectivity index (χ2n) is 21.0. The molecule has 36 heteroatoms. The molecule has 0 aliphatic heterocycles. The first-order valence-corrected chi connectivity index (χ1v) is 28.0. The minimum absolute atomic E-state index is 0.0207. The van der Waals surface area contributed by atoms with Crippen LogP contribution in [0, 0.1) is 11.8 Å². The summed E-state index contributed by atoms with van der Waals surface area (Å²) in [6.07, 6.45) is -22.7. The summed E-state index contributed by atoms with van der Waals surface area (Å²) < 4.78 is 0. The highest BCUT2D eigenvalue weighted by Crippen LogP contribution is 2.21. The topological polar surface area (TPSA) is 620 Å². The van der Waals surface area contributed by atoms with Gasteiger partial charge < -0.3 is 104 Å². The van der Waals surface area contributed by atoms with Gasteiger partial charge in [0.2, 0.25) is 29.6 Å². The summed E-state index contributed by atoms with van der Waals surface area (Å²) in [5.41, 5.74) is 5.65. The number of amides is 5. The number of rotatable bonds is 43. The van der Waals surface area contributed by atoms with Crippen LogP contribution < -0.4 is 43.2 Å². The molecule has 0 radical (unpaired) electrons. The molecule has 0 unspecified atom stereocenters. The van der Waals surface area contributed by atoms with Gasteiger partial charge in [-0.2, -0.15) is 4.98 Å². The number of H-pyrrole nitrogens is 1. The van der Waals surface area contributed by atoms with E-state index >= 15 is 0 Å². The van der Waals surface area contributed by atoms with Gasteiger partial charge in [0.1, 0.15) is 48.4 Å². The molecular formula is C54H77N11O25. The van der Waals surface area contributed by atoms with Crippen molar-refractivity contribution in [1.82, 2.24) is 46.5 Å². The number of ketones is 3. The molecule has 498 valence electrons. The number of hydrogen-bond donors (Lipinski definition) is 21. The van der Waals surface area contributed by atoms with Gasteiger partial charge in [-0.3, -0.25) is 57.7 Å². The number of nitrogens with one attached hydrogen (secondary N) is 7. The first kappa shape index (κ1) is 75.7.